The van der Waals surface area contributed by atoms with Gasteiger partial charge in [0.15, 0.2) is 5.69 Å². The molecule has 2 aromatic heterocycles. The fourth-order valence-corrected chi connectivity index (χ4v) is 2.21. The van der Waals surface area contributed by atoms with Gasteiger partial charge < -0.3 is 15.7 Å². The number of aromatic nitrogens is 4. The van der Waals surface area contributed by atoms with E-state index in [9.17, 15) is 14.4 Å². The maximum atomic E-state index is 12.0. The predicted octanol–water partition coefficient (Wildman–Crippen LogP) is -0.177. The summed E-state index contributed by atoms with van der Waals surface area (Å²) in [5.41, 5.74) is 0.897. The first kappa shape index (κ1) is 18.5. The Morgan fingerprint density at radius 3 is 2.40 bits per heavy atom. The fraction of sp³-hybridized carbons (Fsp3) is 0.357. The van der Waals surface area contributed by atoms with Crippen molar-refractivity contribution in [1.29, 1.82) is 0 Å². The third kappa shape index (κ3) is 4.57. The van der Waals surface area contributed by atoms with Gasteiger partial charge in [0.05, 0.1) is 10.7 Å². The van der Waals surface area contributed by atoms with Crippen molar-refractivity contribution in [2.24, 2.45) is 7.05 Å². The molecule has 0 bridgehead atoms. The second-order valence-corrected chi connectivity index (χ2v) is 5.55. The molecule has 0 aromatic carbocycles. The first-order chi connectivity index (χ1) is 11.8. The summed E-state index contributed by atoms with van der Waals surface area (Å²) in [5.74, 6) is -1.96. The third-order valence-electron chi connectivity index (χ3n) is 3.34. The van der Waals surface area contributed by atoms with E-state index in [0.29, 0.717) is 5.69 Å². The van der Waals surface area contributed by atoms with Gasteiger partial charge in [0, 0.05) is 26.3 Å². The maximum Gasteiger partial charge on any atom is 0.325 e. The number of hydrogen-bond donors (Lipinski definition) is 3. The smallest absolute Gasteiger partial charge is 0.325 e. The summed E-state index contributed by atoms with van der Waals surface area (Å²) in [6.07, 6.45) is 1.40. The summed E-state index contributed by atoms with van der Waals surface area (Å²) in [5, 5.41) is 22.0. The molecule has 2 amide bonds. The molecule has 0 aliphatic carbocycles. The number of aliphatic carboxylic acids is 1. The number of hydrogen-bond acceptors (Lipinski definition) is 5. The normalized spacial score (nSPS) is 10.5. The Hall–Kier alpha value is -2.88. The summed E-state index contributed by atoms with van der Waals surface area (Å²) >= 11 is 6.02. The Balaban J connectivity index is 1.79. The molecule has 2 rings (SSSR count). The number of nitrogens with zero attached hydrogens (tertiary/aromatic N) is 4. The van der Waals surface area contributed by atoms with Gasteiger partial charge in [-0.2, -0.15) is 10.2 Å². The van der Waals surface area contributed by atoms with Crippen molar-refractivity contribution in [3.05, 3.63) is 34.4 Å². The van der Waals surface area contributed by atoms with Crippen LogP contribution in [0.1, 0.15) is 26.7 Å². The minimum atomic E-state index is -1.05. The summed E-state index contributed by atoms with van der Waals surface area (Å²) in [6, 6.07) is 1.41. The number of carboxylic acid groups (broad SMARTS) is 1. The molecule has 25 heavy (non-hydrogen) atoms. The molecule has 0 saturated carbocycles. The summed E-state index contributed by atoms with van der Waals surface area (Å²) in [6.45, 7) is 1.76. The molecule has 0 spiro atoms. The number of aryl methyl sites for hydroxylation is 1. The molecule has 0 atom stereocenters. The first-order valence-electron chi connectivity index (χ1n) is 7.30. The second-order valence-electron chi connectivity index (χ2n) is 5.18. The molecule has 0 radical (unpaired) electrons. The minimum absolute atomic E-state index is 0.0935. The highest BCUT2D eigenvalue weighted by Gasteiger charge is 2.17. The van der Waals surface area contributed by atoms with E-state index >= 15 is 0 Å². The van der Waals surface area contributed by atoms with E-state index in [-0.39, 0.29) is 36.0 Å². The number of nitrogens with one attached hydrogen (secondary N) is 2. The van der Waals surface area contributed by atoms with Gasteiger partial charge in [-0.25, -0.2) is 0 Å². The van der Waals surface area contributed by atoms with Crippen molar-refractivity contribution >= 4 is 29.4 Å². The highest BCUT2D eigenvalue weighted by molar-refractivity contribution is 6.34. The van der Waals surface area contributed by atoms with Gasteiger partial charge in [0.25, 0.3) is 11.8 Å². The van der Waals surface area contributed by atoms with Crippen LogP contribution in [0.25, 0.3) is 0 Å². The summed E-state index contributed by atoms with van der Waals surface area (Å²) < 4.78 is 2.65. The molecule has 0 unspecified atom stereocenters. The van der Waals surface area contributed by atoms with Gasteiger partial charge in [-0.15, -0.1) is 0 Å². The zero-order valence-electron chi connectivity index (χ0n) is 13.6. The van der Waals surface area contributed by atoms with Crippen molar-refractivity contribution in [3.8, 4) is 0 Å². The largest absolute Gasteiger partial charge is 0.480 e. The van der Waals surface area contributed by atoms with Crippen LogP contribution < -0.4 is 10.6 Å². The molecule has 3 N–H and O–H groups in total. The third-order valence-corrected chi connectivity index (χ3v) is 3.80. The molecule has 134 valence electrons. The van der Waals surface area contributed by atoms with E-state index in [2.05, 4.69) is 20.8 Å². The Morgan fingerprint density at radius 2 is 1.84 bits per heavy atom. The number of amides is 2. The highest BCUT2D eigenvalue weighted by atomic mass is 35.5. The molecular weight excluding hydrogens is 352 g/mol. The number of halogens is 1. The maximum absolute atomic E-state index is 12.0. The zero-order chi connectivity index (χ0) is 18.6. The SMILES string of the molecule is Cc1c(Cl)c(C(=O)NCCNC(=O)c2ccn(CC(=O)O)n2)nn1C. The molecule has 0 aliphatic heterocycles. The van der Waals surface area contributed by atoms with E-state index < -0.39 is 17.8 Å². The van der Waals surface area contributed by atoms with Crippen LogP contribution in [-0.2, 0) is 18.4 Å². The Kier molecular flexibility index (Phi) is 5.75. The van der Waals surface area contributed by atoms with Crippen LogP contribution in [-0.4, -0.2) is 55.5 Å². The predicted molar refractivity (Wildman–Crippen MR) is 87.5 cm³/mol. The number of rotatable bonds is 7. The highest BCUT2D eigenvalue weighted by Crippen LogP contribution is 2.18. The van der Waals surface area contributed by atoms with Gasteiger partial charge in [-0.3, -0.25) is 23.7 Å². The number of carboxylic acids is 1. The number of carbonyl (C=O) groups is 3. The Labute approximate surface area is 147 Å². The van der Waals surface area contributed by atoms with Crippen LogP contribution >= 0.6 is 11.6 Å². The molecule has 0 saturated heterocycles. The van der Waals surface area contributed by atoms with Crippen molar-refractivity contribution in [2.75, 3.05) is 13.1 Å². The van der Waals surface area contributed by atoms with Gasteiger partial charge in [-0.05, 0) is 13.0 Å². The minimum Gasteiger partial charge on any atom is -0.480 e. The van der Waals surface area contributed by atoms with Crippen molar-refractivity contribution in [2.45, 2.75) is 13.5 Å². The van der Waals surface area contributed by atoms with E-state index in [1.165, 1.54) is 16.9 Å². The van der Waals surface area contributed by atoms with Crippen molar-refractivity contribution in [1.82, 2.24) is 30.2 Å². The first-order valence-corrected chi connectivity index (χ1v) is 7.68. The van der Waals surface area contributed by atoms with Crippen LogP contribution in [0.5, 0.6) is 0 Å². The zero-order valence-corrected chi connectivity index (χ0v) is 14.4. The van der Waals surface area contributed by atoms with E-state index in [4.69, 9.17) is 16.7 Å². The van der Waals surface area contributed by atoms with Gasteiger partial charge in [0.1, 0.15) is 12.2 Å². The molecule has 0 fully saturated rings. The molecule has 10 nitrogen and oxygen atoms in total. The number of carbonyl (C=O) groups excluding carboxylic acids is 2. The van der Waals surface area contributed by atoms with Gasteiger partial charge in [0.2, 0.25) is 0 Å². The van der Waals surface area contributed by atoms with Crippen molar-refractivity contribution in [3.63, 3.8) is 0 Å². The van der Waals surface area contributed by atoms with E-state index in [0.717, 1.165) is 4.68 Å². The van der Waals surface area contributed by atoms with Crippen LogP contribution in [0.3, 0.4) is 0 Å². The molecular formula is C14H17ClN6O4. The standard InChI is InChI=1S/C14H17ClN6O4/c1-8-11(15)12(19-20(8)2)14(25)17-5-4-16-13(24)9-3-6-21(18-9)7-10(22)23/h3,6H,4-5,7H2,1-2H3,(H,16,24)(H,17,25)(H,22,23). The Bertz CT molecular complexity index is 812. The molecule has 0 aliphatic rings. The molecule has 11 heteroatoms. The van der Waals surface area contributed by atoms with Crippen LogP contribution in [0.15, 0.2) is 12.3 Å². The lowest BCUT2D eigenvalue weighted by Gasteiger charge is -2.05. The Morgan fingerprint density at radius 1 is 1.20 bits per heavy atom. The molecule has 2 aromatic rings. The van der Waals surface area contributed by atoms with Crippen LogP contribution in [0, 0.1) is 6.92 Å². The lowest BCUT2D eigenvalue weighted by Crippen LogP contribution is -2.35. The fourth-order valence-electron chi connectivity index (χ4n) is 1.96. The van der Waals surface area contributed by atoms with Crippen molar-refractivity contribution < 1.29 is 19.5 Å². The topological polar surface area (TPSA) is 131 Å². The van der Waals surface area contributed by atoms with Gasteiger partial charge in [-0.1, -0.05) is 11.6 Å². The summed E-state index contributed by atoms with van der Waals surface area (Å²) in [7, 11) is 1.68. The quantitative estimate of drug-likeness (QED) is 0.581. The van der Waals surface area contributed by atoms with E-state index in [1.54, 1.807) is 14.0 Å². The van der Waals surface area contributed by atoms with Crippen LogP contribution in [0.2, 0.25) is 5.02 Å². The average molecular weight is 369 g/mol. The van der Waals surface area contributed by atoms with Crippen LogP contribution in [0.4, 0.5) is 0 Å². The lowest BCUT2D eigenvalue weighted by atomic mass is 10.3. The second kappa shape index (κ2) is 7.79. The lowest BCUT2D eigenvalue weighted by molar-refractivity contribution is -0.137. The van der Waals surface area contributed by atoms with Gasteiger partial charge >= 0.3 is 5.97 Å². The average Bonchev–Trinajstić information content (AvgIpc) is 3.11. The monoisotopic (exact) mass is 368 g/mol. The van der Waals surface area contributed by atoms with E-state index in [1.807, 2.05) is 0 Å². The molecule has 2 heterocycles. The summed E-state index contributed by atoms with van der Waals surface area (Å²) in [4.78, 5) is 34.4.